The second-order valence-corrected chi connectivity index (χ2v) is 6.77. The molecule has 0 bridgehead atoms. The van der Waals surface area contributed by atoms with E-state index in [1.165, 1.54) is 31.2 Å². The molecule has 0 saturated carbocycles. The zero-order valence-corrected chi connectivity index (χ0v) is 14.5. The number of hydrogen-bond acceptors (Lipinski definition) is 7. The third kappa shape index (κ3) is 4.77. The molecule has 0 heterocycles. The minimum Gasteiger partial charge on any atom is -0.478 e. The highest BCUT2D eigenvalue weighted by Crippen LogP contribution is 2.38. The number of rotatable bonds is 6. The van der Waals surface area contributed by atoms with Crippen molar-refractivity contribution in [3.05, 3.63) is 52.1 Å². The van der Waals surface area contributed by atoms with Crippen LogP contribution in [0.25, 0.3) is 0 Å². The second-order valence-electron chi connectivity index (χ2n) is 5.24. The van der Waals surface area contributed by atoms with Gasteiger partial charge in [0, 0.05) is 18.7 Å². The van der Waals surface area contributed by atoms with Gasteiger partial charge in [0.2, 0.25) is 21.7 Å². The number of anilines is 1. The Kier molecular flexibility index (Phi) is 5.42. The van der Waals surface area contributed by atoms with E-state index in [9.17, 15) is 28.1 Å². The maximum atomic E-state index is 11.8. The lowest BCUT2D eigenvalue weighted by Crippen LogP contribution is -2.15. The highest BCUT2D eigenvalue weighted by Gasteiger charge is 2.29. The number of carbonyl (C=O) groups is 2. The summed E-state index contributed by atoms with van der Waals surface area (Å²) < 4.78 is 28.9. The van der Waals surface area contributed by atoms with Crippen molar-refractivity contribution in [2.24, 2.45) is 5.14 Å². The minimum absolute atomic E-state index is 0.000164. The zero-order valence-electron chi connectivity index (χ0n) is 13.7. The molecule has 142 valence electrons. The molecule has 2 aromatic rings. The number of carboxylic acids is 1. The number of nitro groups is 1. The van der Waals surface area contributed by atoms with Gasteiger partial charge in [-0.15, -0.1) is 0 Å². The van der Waals surface area contributed by atoms with Crippen molar-refractivity contribution in [2.45, 2.75) is 11.8 Å². The Morgan fingerprint density at radius 2 is 1.81 bits per heavy atom. The number of nitrogens with one attached hydrogen (secondary N) is 1. The Hall–Kier alpha value is -3.51. The first-order valence-corrected chi connectivity index (χ1v) is 8.67. The van der Waals surface area contributed by atoms with E-state index < -0.39 is 42.8 Å². The monoisotopic (exact) mass is 395 g/mol. The number of nitro benzene ring substituents is 1. The summed E-state index contributed by atoms with van der Waals surface area (Å²) >= 11 is 0. The topological polar surface area (TPSA) is 179 Å². The number of ether oxygens (including phenoxy) is 1. The molecule has 4 N–H and O–H groups in total. The maximum Gasteiger partial charge on any atom is 0.335 e. The number of carboxylic acid groups (broad SMARTS) is 1. The summed E-state index contributed by atoms with van der Waals surface area (Å²) in [5.74, 6) is -2.62. The largest absolute Gasteiger partial charge is 0.478 e. The highest BCUT2D eigenvalue weighted by atomic mass is 32.2. The van der Waals surface area contributed by atoms with E-state index in [-0.39, 0.29) is 11.7 Å². The van der Waals surface area contributed by atoms with Crippen LogP contribution in [0.4, 0.5) is 11.4 Å². The molecule has 0 atom stereocenters. The number of sulfonamides is 1. The fraction of sp³-hybridized carbons (Fsp3) is 0.0667. The zero-order chi connectivity index (χ0) is 20.4. The van der Waals surface area contributed by atoms with Crippen molar-refractivity contribution < 1.29 is 32.8 Å². The van der Waals surface area contributed by atoms with Crippen molar-refractivity contribution >= 4 is 33.3 Å². The molecule has 0 fully saturated rings. The molecule has 0 saturated heterocycles. The Balaban J connectivity index is 2.59. The third-order valence-corrected chi connectivity index (χ3v) is 4.10. The summed E-state index contributed by atoms with van der Waals surface area (Å²) in [6.45, 7) is 1.30. The predicted molar refractivity (Wildman–Crippen MR) is 92.2 cm³/mol. The average Bonchev–Trinajstić information content (AvgIpc) is 2.54. The summed E-state index contributed by atoms with van der Waals surface area (Å²) in [5.41, 5.74) is -1.11. The lowest BCUT2D eigenvalue weighted by molar-refractivity contribution is -0.385. The molecular weight excluding hydrogens is 382 g/mol. The smallest absolute Gasteiger partial charge is 0.335 e. The van der Waals surface area contributed by atoms with Crippen LogP contribution in [0, 0.1) is 10.1 Å². The molecule has 0 aliphatic carbocycles. The molecular formula is C15H13N3O8S. The van der Waals surface area contributed by atoms with E-state index in [4.69, 9.17) is 15.0 Å². The van der Waals surface area contributed by atoms with Crippen LogP contribution in [-0.4, -0.2) is 30.3 Å². The molecule has 0 unspecified atom stereocenters. The van der Waals surface area contributed by atoms with Gasteiger partial charge in [0.15, 0.2) is 0 Å². The molecule has 27 heavy (non-hydrogen) atoms. The van der Waals surface area contributed by atoms with Gasteiger partial charge in [0.25, 0.3) is 0 Å². The number of aromatic carboxylic acids is 1. The van der Waals surface area contributed by atoms with E-state index in [0.717, 1.165) is 0 Å². The van der Waals surface area contributed by atoms with E-state index in [2.05, 4.69) is 5.32 Å². The molecule has 12 heteroatoms. The molecule has 11 nitrogen and oxygen atoms in total. The standard InChI is InChI=1S/C15H13N3O8S/c1-8(19)17-10-2-4-11(5-3-10)26-14-12(18(22)23)6-9(15(20)21)7-13(14)27(16,24)25/h2-7H,1H3,(H,17,19)(H,20,21)(H2,16,24,25). The molecule has 0 aliphatic rings. The van der Waals surface area contributed by atoms with Gasteiger partial charge < -0.3 is 15.2 Å². The van der Waals surface area contributed by atoms with Crippen LogP contribution in [0.2, 0.25) is 0 Å². The first kappa shape index (κ1) is 19.8. The maximum absolute atomic E-state index is 11.8. The van der Waals surface area contributed by atoms with Gasteiger partial charge in [-0.2, -0.15) is 0 Å². The van der Waals surface area contributed by atoms with Crippen molar-refractivity contribution in [1.82, 2.24) is 0 Å². The van der Waals surface area contributed by atoms with Gasteiger partial charge in [-0.05, 0) is 30.3 Å². The summed E-state index contributed by atoms with van der Waals surface area (Å²) in [5, 5.41) is 27.9. The number of primary sulfonamides is 1. The normalized spacial score (nSPS) is 10.9. The molecule has 1 amide bonds. The van der Waals surface area contributed by atoms with Crippen molar-refractivity contribution in [1.29, 1.82) is 0 Å². The molecule has 2 aromatic carbocycles. The molecule has 0 radical (unpaired) electrons. The first-order valence-electron chi connectivity index (χ1n) is 7.13. The van der Waals surface area contributed by atoms with Crippen LogP contribution in [0.5, 0.6) is 11.5 Å². The van der Waals surface area contributed by atoms with Crippen LogP contribution in [0.1, 0.15) is 17.3 Å². The van der Waals surface area contributed by atoms with Crippen LogP contribution in [0.3, 0.4) is 0 Å². The van der Waals surface area contributed by atoms with Crippen LogP contribution in [0.15, 0.2) is 41.3 Å². The van der Waals surface area contributed by atoms with Crippen LogP contribution >= 0.6 is 0 Å². The van der Waals surface area contributed by atoms with Gasteiger partial charge in [-0.3, -0.25) is 14.9 Å². The lowest BCUT2D eigenvalue weighted by atomic mass is 10.2. The molecule has 2 rings (SSSR count). The minimum atomic E-state index is -4.54. The number of carbonyl (C=O) groups excluding carboxylic acids is 1. The average molecular weight is 395 g/mol. The quantitative estimate of drug-likeness (QED) is 0.488. The Labute approximate surface area is 152 Å². The van der Waals surface area contributed by atoms with E-state index in [0.29, 0.717) is 17.8 Å². The summed E-state index contributed by atoms with van der Waals surface area (Å²) in [6, 6.07) is 6.83. The summed E-state index contributed by atoms with van der Waals surface area (Å²) in [4.78, 5) is 31.6. The third-order valence-electron chi connectivity index (χ3n) is 3.18. The molecule has 0 spiro atoms. The Bertz CT molecular complexity index is 1030. The predicted octanol–water partition coefficient (Wildman–Crippen LogP) is 1.69. The molecule has 0 aromatic heterocycles. The van der Waals surface area contributed by atoms with Crippen molar-refractivity contribution in [3.8, 4) is 11.5 Å². The van der Waals surface area contributed by atoms with Crippen LogP contribution < -0.4 is 15.2 Å². The van der Waals surface area contributed by atoms with Gasteiger partial charge in [-0.25, -0.2) is 18.4 Å². The number of amides is 1. The van der Waals surface area contributed by atoms with Gasteiger partial charge in [-0.1, -0.05) is 0 Å². The van der Waals surface area contributed by atoms with Crippen molar-refractivity contribution in [2.75, 3.05) is 5.32 Å². The fourth-order valence-corrected chi connectivity index (χ4v) is 2.78. The van der Waals surface area contributed by atoms with E-state index in [1.54, 1.807) is 0 Å². The van der Waals surface area contributed by atoms with Crippen molar-refractivity contribution in [3.63, 3.8) is 0 Å². The highest BCUT2D eigenvalue weighted by molar-refractivity contribution is 7.89. The molecule has 0 aliphatic heterocycles. The second kappa shape index (κ2) is 7.39. The van der Waals surface area contributed by atoms with Gasteiger partial charge in [0.05, 0.1) is 10.5 Å². The Morgan fingerprint density at radius 1 is 1.22 bits per heavy atom. The number of benzene rings is 2. The van der Waals surface area contributed by atoms with Crippen LogP contribution in [-0.2, 0) is 14.8 Å². The summed E-state index contributed by atoms with van der Waals surface area (Å²) in [6.07, 6.45) is 0. The number of nitrogens with two attached hydrogens (primary N) is 1. The number of hydrogen-bond donors (Lipinski definition) is 3. The number of nitrogens with zero attached hydrogens (tertiary/aromatic N) is 1. The van der Waals surface area contributed by atoms with Gasteiger partial charge >= 0.3 is 11.7 Å². The van der Waals surface area contributed by atoms with Gasteiger partial charge in [0.1, 0.15) is 10.6 Å². The lowest BCUT2D eigenvalue weighted by Gasteiger charge is -2.12. The SMILES string of the molecule is CC(=O)Nc1ccc(Oc2c([N+](=O)[O-])cc(C(=O)O)cc2S(N)(=O)=O)cc1. The van der Waals surface area contributed by atoms with E-state index >= 15 is 0 Å². The van der Waals surface area contributed by atoms with E-state index in [1.807, 2.05) is 0 Å². The Morgan fingerprint density at radius 3 is 2.26 bits per heavy atom. The first-order chi connectivity index (χ1) is 12.5. The fourth-order valence-electron chi connectivity index (χ4n) is 2.09. The summed E-state index contributed by atoms with van der Waals surface area (Å²) in [7, 11) is -4.54.